The molecule has 0 aromatic carbocycles. The van der Waals surface area contributed by atoms with Gasteiger partial charge in [-0.05, 0) is 83.5 Å². The molecule has 0 rings (SSSR count). The Hall–Kier alpha value is -2.51. The van der Waals surface area contributed by atoms with Gasteiger partial charge in [0.1, 0.15) is 6.61 Å². The van der Waals surface area contributed by atoms with E-state index in [9.17, 15) is 14.2 Å². The minimum Gasteiger partial charge on any atom is -0.462 e. The van der Waals surface area contributed by atoms with Gasteiger partial charge in [0.2, 0.25) is 0 Å². The predicted molar refractivity (Wildman–Crippen MR) is 244 cm³/mol. The van der Waals surface area contributed by atoms with Crippen molar-refractivity contribution in [2.75, 3.05) is 13.2 Å². The SMILES string of the molecule is CC/C=C/C/C=C/C/C=C/C/C=C/C/C=C/CCCCCC(=O)OC[C@H](COP(=O)(O)O)OC(=O)CCCCCCCCCCCCC/C=C/CCCCCCCC. The summed E-state index contributed by atoms with van der Waals surface area (Å²) in [7, 11) is -4.77. The first-order chi connectivity index (χ1) is 28.3. The molecule has 8 nitrogen and oxygen atoms in total. The van der Waals surface area contributed by atoms with Crippen molar-refractivity contribution in [2.24, 2.45) is 0 Å². The molecule has 0 amide bonds. The van der Waals surface area contributed by atoms with Gasteiger partial charge in [-0.15, -0.1) is 0 Å². The van der Waals surface area contributed by atoms with E-state index in [-0.39, 0.29) is 19.4 Å². The number of ether oxygens (including phenoxy) is 2. The monoisotopic (exact) mass is 833 g/mol. The summed E-state index contributed by atoms with van der Waals surface area (Å²) in [5.74, 6) is -0.924. The van der Waals surface area contributed by atoms with Crippen molar-refractivity contribution in [1.82, 2.24) is 0 Å². The molecule has 0 aliphatic carbocycles. The molecule has 9 heteroatoms. The smallest absolute Gasteiger partial charge is 0.462 e. The number of hydrogen-bond donors (Lipinski definition) is 2. The Bertz CT molecular complexity index is 1170. The zero-order chi connectivity index (χ0) is 42.5. The van der Waals surface area contributed by atoms with E-state index < -0.39 is 32.5 Å². The van der Waals surface area contributed by atoms with Gasteiger partial charge in [0.15, 0.2) is 6.10 Å². The van der Waals surface area contributed by atoms with Crippen molar-refractivity contribution in [3.05, 3.63) is 72.9 Å². The van der Waals surface area contributed by atoms with Crippen LogP contribution in [0.1, 0.15) is 206 Å². The quantitative estimate of drug-likeness (QED) is 0.0270. The van der Waals surface area contributed by atoms with E-state index in [2.05, 4.69) is 91.3 Å². The average molecular weight is 833 g/mol. The third kappa shape index (κ3) is 46.2. The zero-order valence-electron chi connectivity index (χ0n) is 36.9. The Kier molecular flexibility index (Phi) is 42.1. The Morgan fingerprint density at radius 3 is 1.28 bits per heavy atom. The molecule has 0 fully saturated rings. The summed E-state index contributed by atoms with van der Waals surface area (Å²) in [6.45, 7) is 3.55. The lowest BCUT2D eigenvalue weighted by molar-refractivity contribution is -0.161. The van der Waals surface area contributed by atoms with Crippen LogP contribution in [0.4, 0.5) is 0 Å². The summed E-state index contributed by atoms with van der Waals surface area (Å²) in [6.07, 6.45) is 57.7. The lowest BCUT2D eigenvalue weighted by Crippen LogP contribution is -2.29. The van der Waals surface area contributed by atoms with E-state index in [4.69, 9.17) is 19.3 Å². The van der Waals surface area contributed by atoms with Gasteiger partial charge in [0.25, 0.3) is 0 Å². The highest BCUT2D eigenvalue weighted by atomic mass is 31.2. The number of unbranched alkanes of at least 4 members (excludes halogenated alkanes) is 20. The van der Waals surface area contributed by atoms with Crippen molar-refractivity contribution in [2.45, 2.75) is 213 Å². The average Bonchev–Trinajstić information content (AvgIpc) is 3.20. The van der Waals surface area contributed by atoms with E-state index in [0.29, 0.717) is 12.8 Å². The molecule has 334 valence electrons. The van der Waals surface area contributed by atoms with Crippen LogP contribution in [0.25, 0.3) is 0 Å². The highest BCUT2D eigenvalue weighted by Crippen LogP contribution is 2.36. The molecule has 0 bridgehead atoms. The summed E-state index contributed by atoms with van der Waals surface area (Å²) in [5.41, 5.74) is 0. The van der Waals surface area contributed by atoms with Gasteiger partial charge < -0.3 is 19.3 Å². The van der Waals surface area contributed by atoms with E-state index in [1.54, 1.807) is 0 Å². The lowest BCUT2D eigenvalue weighted by Gasteiger charge is -2.18. The van der Waals surface area contributed by atoms with Crippen LogP contribution in [0.15, 0.2) is 72.9 Å². The highest BCUT2D eigenvalue weighted by molar-refractivity contribution is 7.46. The Morgan fingerprint density at radius 2 is 0.828 bits per heavy atom. The summed E-state index contributed by atoms with van der Waals surface area (Å²) in [5, 5.41) is 0. The third-order valence-electron chi connectivity index (χ3n) is 9.71. The topological polar surface area (TPSA) is 119 Å². The summed E-state index contributed by atoms with van der Waals surface area (Å²) >= 11 is 0. The Morgan fingerprint density at radius 1 is 0.466 bits per heavy atom. The van der Waals surface area contributed by atoms with E-state index in [1.165, 1.54) is 96.3 Å². The molecule has 0 aliphatic heterocycles. The second-order valence-corrected chi connectivity index (χ2v) is 16.6. The first-order valence-electron chi connectivity index (χ1n) is 23.2. The van der Waals surface area contributed by atoms with Crippen LogP contribution in [-0.4, -0.2) is 41.0 Å². The van der Waals surface area contributed by atoms with E-state index in [0.717, 1.165) is 70.6 Å². The van der Waals surface area contributed by atoms with Gasteiger partial charge in [-0.25, -0.2) is 4.57 Å². The standard InChI is InChI=1S/C49H85O8P/c1-3-5-7-9-11-13-15-17-19-21-23-24-26-28-30-32-34-36-38-40-42-44-49(51)57-47(46-56-58(52,53)54)45-55-48(50)43-41-39-37-35-33-31-29-27-25-22-20-18-16-14-12-10-8-6-4-2/h6,8,12,14,17-20,25,27,31,33,47H,3-5,7,9-11,13,15-16,21-24,26,28-30,32,34-46H2,1-2H3,(H2,52,53,54)/b8-6+,14-12+,19-17+,20-18+,27-25+,33-31+/t47-/m1/s1. The maximum atomic E-state index is 12.5. The van der Waals surface area contributed by atoms with Crippen molar-refractivity contribution in [3.8, 4) is 0 Å². The Labute approximate surface area is 355 Å². The van der Waals surface area contributed by atoms with Gasteiger partial charge in [0, 0.05) is 12.8 Å². The molecular weight excluding hydrogens is 748 g/mol. The van der Waals surface area contributed by atoms with Crippen molar-refractivity contribution >= 4 is 19.8 Å². The van der Waals surface area contributed by atoms with Crippen LogP contribution in [0.5, 0.6) is 0 Å². The van der Waals surface area contributed by atoms with Gasteiger partial charge in [-0.1, -0.05) is 183 Å². The van der Waals surface area contributed by atoms with Crippen molar-refractivity contribution in [1.29, 1.82) is 0 Å². The van der Waals surface area contributed by atoms with Crippen LogP contribution >= 0.6 is 7.82 Å². The number of phosphoric ester groups is 1. The molecule has 0 aliphatic rings. The molecule has 1 atom stereocenters. The Balaban J connectivity index is 3.93. The fourth-order valence-corrected chi connectivity index (χ4v) is 6.64. The second kappa shape index (κ2) is 44.1. The van der Waals surface area contributed by atoms with Crippen molar-refractivity contribution < 1.29 is 37.9 Å². The normalized spacial score (nSPS) is 13.1. The molecule has 0 spiro atoms. The van der Waals surface area contributed by atoms with Crippen LogP contribution in [0.3, 0.4) is 0 Å². The predicted octanol–water partition coefficient (Wildman–Crippen LogP) is 14.6. The second-order valence-electron chi connectivity index (χ2n) is 15.3. The van der Waals surface area contributed by atoms with Crippen LogP contribution in [-0.2, 0) is 28.2 Å². The molecule has 0 unspecified atom stereocenters. The van der Waals surface area contributed by atoms with Crippen molar-refractivity contribution in [3.63, 3.8) is 0 Å². The van der Waals surface area contributed by atoms with Crippen LogP contribution in [0.2, 0.25) is 0 Å². The van der Waals surface area contributed by atoms with Crippen LogP contribution in [0, 0.1) is 0 Å². The molecule has 0 radical (unpaired) electrons. The third-order valence-corrected chi connectivity index (χ3v) is 10.2. The fraction of sp³-hybridized carbons (Fsp3) is 0.714. The number of allylic oxidation sites excluding steroid dienone is 12. The number of carbonyl (C=O) groups excluding carboxylic acids is 2. The minimum absolute atomic E-state index is 0.201. The number of esters is 2. The van der Waals surface area contributed by atoms with E-state index >= 15 is 0 Å². The zero-order valence-corrected chi connectivity index (χ0v) is 37.8. The maximum Gasteiger partial charge on any atom is 0.469 e. The molecule has 2 N–H and O–H groups in total. The largest absolute Gasteiger partial charge is 0.469 e. The maximum absolute atomic E-state index is 12.5. The van der Waals surface area contributed by atoms with Gasteiger partial charge in [-0.2, -0.15) is 0 Å². The number of hydrogen-bond acceptors (Lipinski definition) is 6. The van der Waals surface area contributed by atoms with Crippen LogP contribution < -0.4 is 0 Å². The molecule has 58 heavy (non-hydrogen) atoms. The van der Waals surface area contributed by atoms with Gasteiger partial charge >= 0.3 is 19.8 Å². The fourth-order valence-electron chi connectivity index (χ4n) is 6.28. The van der Waals surface area contributed by atoms with Gasteiger partial charge in [0.05, 0.1) is 6.61 Å². The van der Waals surface area contributed by atoms with Gasteiger partial charge in [-0.3, -0.25) is 14.1 Å². The van der Waals surface area contributed by atoms with E-state index in [1.807, 2.05) is 0 Å². The number of carbonyl (C=O) groups is 2. The molecule has 0 aromatic heterocycles. The lowest BCUT2D eigenvalue weighted by atomic mass is 10.0. The molecule has 0 aromatic rings. The summed E-state index contributed by atoms with van der Waals surface area (Å²) in [4.78, 5) is 43.0. The highest BCUT2D eigenvalue weighted by Gasteiger charge is 2.22. The summed E-state index contributed by atoms with van der Waals surface area (Å²) in [6, 6.07) is 0. The molecular formula is C49H85O8P. The first-order valence-corrected chi connectivity index (χ1v) is 24.8. The first kappa shape index (κ1) is 55.5. The molecule has 0 saturated heterocycles. The summed E-state index contributed by atoms with van der Waals surface area (Å²) < 4.78 is 26.4. The molecule has 0 heterocycles. The minimum atomic E-state index is -4.77. The molecule has 0 saturated carbocycles. The number of phosphoric acid groups is 1. The number of rotatable bonds is 42.